The molecule has 0 aliphatic carbocycles. The average molecular weight is 405 g/mol. The van der Waals surface area contributed by atoms with Crippen LogP contribution in [0.3, 0.4) is 0 Å². The van der Waals surface area contributed by atoms with Crippen LogP contribution >= 0.6 is 11.6 Å². The molecule has 0 spiro atoms. The molecular formula is C20H25ClN4O3. The lowest BCUT2D eigenvalue weighted by Gasteiger charge is -2.36. The highest BCUT2D eigenvalue weighted by molar-refractivity contribution is 6.30. The third-order valence-electron chi connectivity index (χ3n) is 4.84. The minimum Gasteiger partial charge on any atom is -0.467 e. The first-order chi connectivity index (χ1) is 13.4. The number of imidazole rings is 1. The first-order valence-corrected chi connectivity index (χ1v) is 9.71. The number of amides is 2. The number of carbonyl (C=O) groups excluding carboxylic acids is 2. The van der Waals surface area contributed by atoms with E-state index >= 15 is 0 Å². The molecule has 0 radical (unpaired) electrons. The lowest BCUT2D eigenvalue weighted by molar-refractivity contribution is -0.143. The largest absolute Gasteiger partial charge is 0.467 e. The van der Waals surface area contributed by atoms with E-state index in [-0.39, 0.29) is 18.0 Å². The number of urea groups is 1. The maximum atomic E-state index is 13.1. The molecule has 1 unspecified atom stereocenters. The zero-order chi connectivity index (χ0) is 20.3. The van der Waals surface area contributed by atoms with Gasteiger partial charge in [-0.2, -0.15) is 0 Å². The Morgan fingerprint density at radius 1 is 1.43 bits per heavy atom. The molecule has 2 N–H and O–H groups in total. The third-order valence-corrected chi connectivity index (χ3v) is 5.08. The van der Waals surface area contributed by atoms with Crippen molar-refractivity contribution in [1.82, 2.24) is 20.2 Å². The number of fused-ring (bicyclic) bond motifs is 1. The number of hydrogen-bond donors (Lipinski definition) is 2. The zero-order valence-corrected chi connectivity index (χ0v) is 17.0. The Morgan fingerprint density at radius 3 is 2.89 bits per heavy atom. The Labute approximate surface area is 169 Å². The van der Waals surface area contributed by atoms with E-state index in [1.165, 1.54) is 7.11 Å². The molecule has 2 aromatic rings. The number of ether oxygens (including phenoxy) is 1. The second-order valence-corrected chi connectivity index (χ2v) is 7.76. The summed E-state index contributed by atoms with van der Waals surface area (Å²) < 4.78 is 4.87. The van der Waals surface area contributed by atoms with E-state index in [9.17, 15) is 9.59 Å². The summed E-state index contributed by atoms with van der Waals surface area (Å²) in [7, 11) is 1.33. The lowest BCUT2D eigenvalue weighted by Crippen LogP contribution is -2.51. The fourth-order valence-electron chi connectivity index (χ4n) is 3.57. The molecule has 8 heteroatoms. The second kappa shape index (κ2) is 8.65. The number of aromatic nitrogens is 2. The smallest absolute Gasteiger partial charge is 0.328 e. The maximum Gasteiger partial charge on any atom is 0.328 e. The van der Waals surface area contributed by atoms with Crippen molar-refractivity contribution < 1.29 is 14.3 Å². The highest BCUT2D eigenvalue weighted by Crippen LogP contribution is 2.34. The molecule has 150 valence electrons. The van der Waals surface area contributed by atoms with E-state index in [1.54, 1.807) is 17.3 Å². The van der Waals surface area contributed by atoms with Crippen molar-refractivity contribution >= 4 is 23.6 Å². The number of hydrogen-bond acceptors (Lipinski definition) is 4. The molecule has 1 aromatic heterocycles. The van der Waals surface area contributed by atoms with Gasteiger partial charge in [-0.3, -0.25) is 0 Å². The number of carbonyl (C=O) groups is 2. The minimum absolute atomic E-state index is 0.229. The lowest BCUT2D eigenvalue weighted by atomic mass is 9.96. The van der Waals surface area contributed by atoms with Crippen LogP contribution in [-0.2, 0) is 16.0 Å². The van der Waals surface area contributed by atoms with Gasteiger partial charge in [0.25, 0.3) is 0 Å². The molecule has 2 amide bonds. The molecule has 1 aliphatic rings. The van der Waals surface area contributed by atoms with E-state index < -0.39 is 12.0 Å². The molecule has 1 aromatic carbocycles. The number of nitrogens with one attached hydrogen (secondary N) is 2. The van der Waals surface area contributed by atoms with E-state index in [2.05, 4.69) is 15.3 Å². The monoisotopic (exact) mass is 404 g/mol. The van der Waals surface area contributed by atoms with Crippen molar-refractivity contribution in [2.75, 3.05) is 13.7 Å². The van der Waals surface area contributed by atoms with Gasteiger partial charge in [-0.05, 0) is 30.0 Å². The fourth-order valence-corrected chi connectivity index (χ4v) is 3.77. The van der Waals surface area contributed by atoms with Gasteiger partial charge in [0.1, 0.15) is 12.1 Å². The molecule has 0 saturated carbocycles. The highest BCUT2D eigenvalue weighted by atomic mass is 35.5. The van der Waals surface area contributed by atoms with Gasteiger partial charge in [-0.25, -0.2) is 14.6 Å². The standard InChI is InChI=1S/C20H25ClN4O3/c1-12(2)9-16(19(26)28-3)24-20(27)25-8-7-15-17(23-11-22-15)18(25)13-5-4-6-14(21)10-13/h4-6,10-12,16,18H,7-9H2,1-3H3,(H,22,23)(H,24,27)/t16-,18?/m1/s1. The van der Waals surface area contributed by atoms with Crippen molar-refractivity contribution in [2.45, 2.75) is 38.8 Å². The van der Waals surface area contributed by atoms with E-state index in [0.29, 0.717) is 24.4 Å². The predicted molar refractivity (Wildman–Crippen MR) is 106 cm³/mol. The Morgan fingerprint density at radius 2 is 2.21 bits per heavy atom. The van der Waals surface area contributed by atoms with Crippen LogP contribution in [0.4, 0.5) is 4.79 Å². The van der Waals surface area contributed by atoms with Gasteiger partial charge in [0, 0.05) is 23.7 Å². The second-order valence-electron chi connectivity index (χ2n) is 7.32. The van der Waals surface area contributed by atoms with Crippen LogP contribution in [0.1, 0.15) is 43.3 Å². The molecule has 0 bridgehead atoms. The van der Waals surface area contributed by atoms with Crippen molar-refractivity contribution in [3.05, 3.63) is 52.6 Å². The van der Waals surface area contributed by atoms with Crippen molar-refractivity contribution in [2.24, 2.45) is 5.92 Å². The summed E-state index contributed by atoms with van der Waals surface area (Å²) in [6.45, 7) is 4.48. The average Bonchev–Trinajstić information content (AvgIpc) is 3.14. The summed E-state index contributed by atoms with van der Waals surface area (Å²) in [6.07, 6.45) is 2.80. The van der Waals surface area contributed by atoms with Crippen molar-refractivity contribution in [3.8, 4) is 0 Å². The summed E-state index contributed by atoms with van der Waals surface area (Å²) >= 11 is 6.19. The summed E-state index contributed by atoms with van der Waals surface area (Å²) in [4.78, 5) is 34.6. The normalized spacial score (nSPS) is 17.2. The van der Waals surface area contributed by atoms with Crippen LogP contribution in [-0.4, -0.2) is 46.6 Å². The number of H-pyrrole nitrogens is 1. The van der Waals surface area contributed by atoms with Gasteiger partial charge >= 0.3 is 12.0 Å². The molecule has 1 aliphatic heterocycles. The van der Waals surface area contributed by atoms with Crippen LogP contribution in [0, 0.1) is 5.92 Å². The van der Waals surface area contributed by atoms with Crippen LogP contribution in [0.2, 0.25) is 5.02 Å². The molecule has 7 nitrogen and oxygen atoms in total. The zero-order valence-electron chi connectivity index (χ0n) is 16.2. The van der Waals surface area contributed by atoms with Gasteiger partial charge in [-0.1, -0.05) is 37.6 Å². The molecule has 2 heterocycles. The van der Waals surface area contributed by atoms with Gasteiger partial charge in [0.2, 0.25) is 0 Å². The number of nitrogens with zero attached hydrogens (tertiary/aromatic N) is 2. The van der Waals surface area contributed by atoms with E-state index in [0.717, 1.165) is 17.0 Å². The number of halogens is 1. The topological polar surface area (TPSA) is 87.3 Å². The summed E-state index contributed by atoms with van der Waals surface area (Å²) in [6, 6.07) is 6.00. The Balaban J connectivity index is 1.90. The first-order valence-electron chi connectivity index (χ1n) is 9.33. The third kappa shape index (κ3) is 4.30. The van der Waals surface area contributed by atoms with Crippen molar-refractivity contribution in [1.29, 1.82) is 0 Å². The molecular weight excluding hydrogens is 380 g/mol. The van der Waals surface area contributed by atoms with E-state index in [4.69, 9.17) is 16.3 Å². The Hall–Kier alpha value is -2.54. The first kappa shape index (κ1) is 20.2. The summed E-state index contributed by atoms with van der Waals surface area (Å²) in [5.41, 5.74) is 2.66. The molecule has 0 saturated heterocycles. The predicted octanol–water partition coefficient (Wildman–Crippen LogP) is 3.31. The quantitative estimate of drug-likeness (QED) is 0.748. The van der Waals surface area contributed by atoms with Crippen molar-refractivity contribution in [3.63, 3.8) is 0 Å². The number of esters is 1. The number of methoxy groups -OCH3 is 1. The Kier molecular flexibility index (Phi) is 6.24. The number of benzene rings is 1. The summed E-state index contributed by atoms with van der Waals surface area (Å²) in [5.74, 6) is -0.216. The van der Waals surface area contributed by atoms with Crippen LogP contribution in [0.25, 0.3) is 0 Å². The van der Waals surface area contributed by atoms with Crippen LogP contribution in [0.15, 0.2) is 30.6 Å². The number of rotatable bonds is 5. The fraction of sp³-hybridized carbons (Fsp3) is 0.450. The maximum absolute atomic E-state index is 13.1. The molecule has 2 atom stereocenters. The summed E-state index contributed by atoms with van der Waals surface area (Å²) in [5, 5.41) is 3.44. The highest BCUT2D eigenvalue weighted by Gasteiger charge is 2.36. The SMILES string of the molecule is COC(=O)[C@@H](CC(C)C)NC(=O)N1CCc2[nH]cnc2C1c1cccc(Cl)c1. The van der Waals surface area contributed by atoms with E-state index in [1.807, 2.05) is 32.0 Å². The van der Waals surface area contributed by atoms with Gasteiger partial charge in [0.05, 0.1) is 19.1 Å². The van der Waals surface area contributed by atoms with Gasteiger partial charge in [-0.15, -0.1) is 0 Å². The molecule has 3 rings (SSSR count). The Bertz CT molecular complexity index is 851. The molecule has 0 fully saturated rings. The van der Waals surface area contributed by atoms with Gasteiger partial charge in [0.15, 0.2) is 0 Å². The molecule has 28 heavy (non-hydrogen) atoms. The number of aromatic amines is 1. The minimum atomic E-state index is -0.696. The van der Waals surface area contributed by atoms with Gasteiger partial charge < -0.3 is 19.9 Å². The van der Waals surface area contributed by atoms with Crippen LogP contribution in [0.5, 0.6) is 0 Å². The van der Waals surface area contributed by atoms with Crippen LogP contribution < -0.4 is 5.32 Å².